The fourth-order valence-electron chi connectivity index (χ4n) is 8.07. The molecule has 8 nitrogen and oxygen atoms in total. The van der Waals surface area contributed by atoms with Crippen molar-refractivity contribution in [3.63, 3.8) is 0 Å². The zero-order valence-electron chi connectivity index (χ0n) is 28.7. The van der Waals surface area contributed by atoms with E-state index in [1.54, 1.807) is 0 Å². The Labute approximate surface area is 307 Å². The van der Waals surface area contributed by atoms with Crippen LogP contribution in [-0.4, -0.2) is 37.9 Å². The zero-order chi connectivity index (χ0) is 35.3. The molecule has 12 rings (SSSR count). The maximum Gasteiger partial charge on any atom is 0.221 e. The maximum absolute atomic E-state index is 5.40. The average Bonchev–Trinajstić information content (AvgIpc) is 3.97. The van der Waals surface area contributed by atoms with Gasteiger partial charge in [0, 0.05) is 16.6 Å². The third-order valence-electron chi connectivity index (χ3n) is 10.6. The third kappa shape index (κ3) is 4.13. The molecule has 8 heteroatoms. The van der Waals surface area contributed by atoms with Gasteiger partial charge in [-0.3, -0.25) is 17.9 Å². The predicted octanol–water partition coefficient (Wildman–Crippen LogP) is 10.5. The van der Waals surface area contributed by atoms with Crippen LogP contribution in [0.4, 0.5) is 0 Å². The van der Waals surface area contributed by atoms with Gasteiger partial charge in [0.2, 0.25) is 11.6 Å². The van der Waals surface area contributed by atoms with E-state index in [1.165, 1.54) is 11.1 Å². The van der Waals surface area contributed by atoms with E-state index in [0.29, 0.717) is 0 Å². The Balaban J connectivity index is 1.07. The van der Waals surface area contributed by atoms with E-state index in [4.69, 9.17) is 19.9 Å². The van der Waals surface area contributed by atoms with Crippen LogP contribution in [0.1, 0.15) is 0 Å². The van der Waals surface area contributed by atoms with Crippen molar-refractivity contribution >= 4 is 66.7 Å². The summed E-state index contributed by atoms with van der Waals surface area (Å²) in [5.74, 6) is 2.46. The lowest BCUT2D eigenvalue weighted by Crippen LogP contribution is -1.98. The number of imidazole rings is 4. The normalized spacial score (nSPS) is 12.1. The summed E-state index contributed by atoms with van der Waals surface area (Å²) in [4.78, 5) is 20.7. The first-order valence-corrected chi connectivity index (χ1v) is 18.0. The highest BCUT2D eigenvalue weighted by molar-refractivity contribution is 5.95. The van der Waals surface area contributed by atoms with E-state index in [-0.39, 0.29) is 0 Å². The van der Waals surface area contributed by atoms with E-state index in [2.05, 4.69) is 157 Å². The van der Waals surface area contributed by atoms with E-state index in [9.17, 15) is 0 Å². The molecular formula is C46H28N8. The number of nitrogens with zero attached hydrogens (tertiary/aromatic N) is 8. The Morgan fingerprint density at radius 3 is 1.78 bits per heavy atom. The van der Waals surface area contributed by atoms with Crippen molar-refractivity contribution in [2.24, 2.45) is 0 Å². The van der Waals surface area contributed by atoms with Gasteiger partial charge in [-0.1, -0.05) is 91.0 Å². The molecule has 0 spiro atoms. The number of pyridine rings is 2. The lowest BCUT2D eigenvalue weighted by molar-refractivity contribution is 1.06. The molecule has 12 aromatic rings. The van der Waals surface area contributed by atoms with E-state index in [1.807, 2.05) is 30.3 Å². The Morgan fingerprint density at radius 2 is 0.981 bits per heavy atom. The first kappa shape index (κ1) is 29.0. The Kier molecular flexibility index (Phi) is 5.90. The monoisotopic (exact) mass is 692 g/mol. The second kappa shape index (κ2) is 11.0. The molecule has 252 valence electrons. The van der Waals surface area contributed by atoms with Crippen molar-refractivity contribution in [1.29, 1.82) is 0 Å². The molecule has 0 aliphatic heterocycles. The Hall–Kier alpha value is -7.58. The van der Waals surface area contributed by atoms with Gasteiger partial charge < -0.3 is 0 Å². The summed E-state index contributed by atoms with van der Waals surface area (Å²) in [6.45, 7) is 0. The Morgan fingerprint density at radius 1 is 0.352 bits per heavy atom. The number of para-hydroxylation sites is 5. The van der Waals surface area contributed by atoms with Crippen LogP contribution < -0.4 is 0 Å². The van der Waals surface area contributed by atoms with Gasteiger partial charge in [-0.15, -0.1) is 0 Å². The van der Waals surface area contributed by atoms with Gasteiger partial charge in [-0.05, 0) is 90.0 Å². The minimum atomic E-state index is 0.816. The number of hydrogen-bond donors (Lipinski definition) is 0. The molecular weight excluding hydrogens is 665 g/mol. The highest BCUT2D eigenvalue weighted by Crippen LogP contribution is 2.35. The Bertz CT molecular complexity index is 3440. The molecule has 0 N–H and O–H groups in total. The zero-order valence-corrected chi connectivity index (χ0v) is 28.7. The largest absolute Gasteiger partial charge is 0.276 e. The summed E-state index contributed by atoms with van der Waals surface area (Å²) in [6, 6.07) is 58.9. The summed E-state index contributed by atoms with van der Waals surface area (Å²) >= 11 is 0. The molecule has 6 aromatic heterocycles. The van der Waals surface area contributed by atoms with Gasteiger partial charge in [0.15, 0.2) is 5.65 Å². The lowest BCUT2D eigenvalue weighted by Gasteiger charge is -2.08. The molecule has 0 aliphatic rings. The third-order valence-corrected chi connectivity index (χ3v) is 10.6. The minimum Gasteiger partial charge on any atom is -0.276 e. The van der Waals surface area contributed by atoms with Crippen LogP contribution in [-0.2, 0) is 0 Å². The van der Waals surface area contributed by atoms with Gasteiger partial charge in [0.1, 0.15) is 5.82 Å². The van der Waals surface area contributed by atoms with Crippen LogP contribution in [0, 0.1) is 0 Å². The van der Waals surface area contributed by atoms with Crippen LogP contribution in [0.3, 0.4) is 0 Å². The van der Waals surface area contributed by atoms with Crippen molar-refractivity contribution in [3.8, 4) is 33.9 Å². The van der Waals surface area contributed by atoms with Crippen molar-refractivity contribution in [2.75, 3.05) is 0 Å². The second-order valence-corrected chi connectivity index (χ2v) is 13.7. The molecule has 0 atom stereocenters. The average molecular weight is 693 g/mol. The molecule has 0 amide bonds. The molecule has 0 radical (unpaired) electrons. The highest BCUT2D eigenvalue weighted by atomic mass is 15.2. The molecule has 0 fully saturated rings. The summed E-state index contributed by atoms with van der Waals surface area (Å²) < 4.78 is 8.79. The van der Waals surface area contributed by atoms with Crippen LogP contribution in [0.25, 0.3) is 101 Å². The van der Waals surface area contributed by atoms with E-state index >= 15 is 0 Å². The second-order valence-electron chi connectivity index (χ2n) is 13.7. The summed E-state index contributed by atoms with van der Waals surface area (Å²) in [6.07, 6.45) is 0. The maximum atomic E-state index is 5.40. The minimum absolute atomic E-state index is 0.816. The van der Waals surface area contributed by atoms with Gasteiger partial charge >= 0.3 is 0 Å². The molecule has 0 bridgehead atoms. The highest BCUT2D eigenvalue weighted by Gasteiger charge is 2.22. The molecule has 0 unspecified atom stereocenters. The fourth-order valence-corrected chi connectivity index (χ4v) is 8.07. The molecule has 6 aromatic carbocycles. The van der Waals surface area contributed by atoms with Gasteiger partial charge in [-0.2, -0.15) is 0 Å². The van der Waals surface area contributed by atoms with E-state index < -0.39 is 0 Å². The molecule has 54 heavy (non-hydrogen) atoms. The van der Waals surface area contributed by atoms with Crippen LogP contribution in [0.2, 0.25) is 0 Å². The van der Waals surface area contributed by atoms with Crippen molar-refractivity contribution in [2.45, 2.75) is 0 Å². The number of benzene rings is 6. The molecule has 6 heterocycles. The van der Waals surface area contributed by atoms with E-state index in [0.717, 1.165) is 89.5 Å². The van der Waals surface area contributed by atoms with Crippen molar-refractivity contribution in [3.05, 3.63) is 170 Å². The summed E-state index contributed by atoms with van der Waals surface area (Å²) in [5.41, 5.74) is 14.0. The van der Waals surface area contributed by atoms with Crippen LogP contribution >= 0.6 is 0 Å². The summed E-state index contributed by atoms with van der Waals surface area (Å²) in [7, 11) is 0. The number of fused-ring (bicyclic) bond motifs is 11. The predicted molar refractivity (Wildman–Crippen MR) is 217 cm³/mol. The number of aromatic nitrogens is 8. The van der Waals surface area contributed by atoms with Crippen molar-refractivity contribution < 1.29 is 0 Å². The number of hydrogen-bond acceptors (Lipinski definition) is 4. The standard InChI is InChI=1S/C46H28N8/c1-2-10-29(11-3-1)30-18-22-33(23-19-30)51-41-26-24-35(48-44(41)54-39-17-9-7-15-37(39)49-45(51)54)32-20-25-40-42(28-32)52-38-16-8-6-14-36(38)50-46(52)53(40)43-27-21-31-12-4-5-13-34(31)47-43/h1-28H. The van der Waals surface area contributed by atoms with Gasteiger partial charge in [-0.25, -0.2) is 19.9 Å². The van der Waals surface area contributed by atoms with Crippen LogP contribution in [0.15, 0.2) is 170 Å². The topological polar surface area (TPSA) is 70.2 Å². The van der Waals surface area contributed by atoms with Gasteiger partial charge in [0.05, 0.1) is 49.8 Å². The van der Waals surface area contributed by atoms with Crippen molar-refractivity contribution in [1.82, 2.24) is 37.9 Å². The first-order valence-electron chi connectivity index (χ1n) is 18.0. The molecule has 0 aliphatic carbocycles. The molecule has 0 saturated heterocycles. The summed E-state index contributed by atoms with van der Waals surface area (Å²) in [5, 5.41) is 1.10. The number of rotatable bonds is 4. The smallest absolute Gasteiger partial charge is 0.221 e. The van der Waals surface area contributed by atoms with Crippen LogP contribution in [0.5, 0.6) is 0 Å². The lowest BCUT2D eigenvalue weighted by atomic mass is 10.1. The fraction of sp³-hybridized carbons (Fsp3) is 0. The quantitative estimate of drug-likeness (QED) is 0.184. The van der Waals surface area contributed by atoms with Gasteiger partial charge in [0.25, 0.3) is 0 Å². The first-order chi connectivity index (χ1) is 26.8. The molecule has 0 saturated carbocycles. The SMILES string of the molecule is c1ccc(-c2ccc(-n3c4ccc(-c5ccc6c(c5)n5c7ccccc7nc5n6-c5ccc6ccccc6n5)nc4n4c5ccccc5nc34)cc2)cc1.